The molecule has 0 aliphatic heterocycles. The minimum absolute atomic E-state index is 0.0861. The molecule has 0 unspecified atom stereocenters. The van der Waals surface area contributed by atoms with Crippen LogP contribution in [0.15, 0.2) is 18.2 Å². The Bertz CT molecular complexity index is 490. The largest absolute Gasteiger partial charge is 0.496 e. The fraction of sp³-hybridized carbons (Fsp3) is 0.562. The molecule has 1 rings (SSSR count). The molecule has 112 valence electrons. The van der Waals surface area contributed by atoms with Gasteiger partial charge in [-0.05, 0) is 43.9 Å². The molecule has 1 aromatic carbocycles. The van der Waals surface area contributed by atoms with Crippen molar-refractivity contribution in [1.82, 2.24) is 5.32 Å². The Morgan fingerprint density at radius 3 is 2.35 bits per heavy atom. The van der Waals surface area contributed by atoms with Crippen molar-refractivity contribution in [3.05, 3.63) is 29.6 Å². The van der Waals surface area contributed by atoms with Crippen LogP contribution in [0.1, 0.15) is 51.4 Å². The van der Waals surface area contributed by atoms with Gasteiger partial charge in [0, 0.05) is 5.54 Å². The molecule has 1 amide bonds. The Morgan fingerprint density at radius 2 is 1.85 bits per heavy atom. The van der Waals surface area contributed by atoms with Gasteiger partial charge in [-0.25, -0.2) is 4.39 Å². The van der Waals surface area contributed by atoms with E-state index in [1.165, 1.54) is 25.3 Å². The maximum absolute atomic E-state index is 13.3. The minimum Gasteiger partial charge on any atom is -0.496 e. The van der Waals surface area contributed by atoms with E-state index in [0.717, 1.165) is 6.42 Å². The zero-order valence-corrected chi connectivity index (χ0v) is 13.1. The Morgan fingerprint density at radius 1 is 1.25 bits per heavy atom. The molecular weight excluding hydrogens is 257 g/mol. The van der Waals surface area contributed by atoms with E-state index in [-0.39, 0.29) is 22.4 Å². The van der Waals surface area contributed by atoms with E-state index in [4.69, 9.17) is 4.74 Å². The lowest BCUT2D eigenvalue weighted by molar-refractivity contribution is 0.0888. The van der Waals surface area contributed by atoms with Crippen LogP contribution in [-0.4, -0.2) is 18.6 Å². The molecule has 4 heteroatoms. The number of ether oxygens (including phenoxy) is 1. The van der Waals surface area contributed by atoms with Crippen molar-refractivity contribution in [1.29, 1.82) is 0 Å². The predicted octanol–water partition coefficient (Wildman–Crippen LogP) is 3.78. The smallest absolute Gasteiger partial charge is 0.255 e. The van der Waals surface area contributed by atoms with Gasteiger partial charge in [0.1, 0.15) is 11.6 Å². The molecule has 0 aliphatic carbocycles. The van der Waals surface area contributed by atoms with Gasteiger partial charge < -0.3 is 10.1 Å². The molecule has 0 atom stereocenters. The van der Waals surface area contributed by atoms with Crippen LogP contribution in [0.4, 0.5) is 4.39 Å². The van der Waals surface area contributed by atoms with Gasteiger partial charge in [0.15, 0.2) is 0 Å². The summed E-state index contributed by atoms with van der Waals surface area (Å²) in [5.41, 5.74) is -0.0790. The highest BCUT2D eigenvalue weighted by molar-refractivity contribution is 5.97. The Hall–Kier alpha value is -1.58. The summed E-state index contributed by atoms with van der Waals surface area (Å²) in [4.78, 5) is 12.3. The number of carbonyl (C=O) groups is 1. The summed E-state index contributed by atoms with van der Waals surface area (Å²) in [7, 11) is 1.46. The van der Waals surface area contributed by atoms with Crippen molar-refractivity contribution in [3.8, 4) is 5.75 Å². The summed E-state index contributed by atoms with van der Waals surface area (Å²) < 4.78 is 18.4. The maximum atomic E-state index is 13.3. The van der Waals surface area contributed by atoms with Crippen molar-refractivity contribution in [2.75, 3.05) is 7.11 Å². The lowest BCUT2D eigenvalue weighted by Gasteiger charge is -2.33. The minimum atomic E-state index is -0.454. The molecule has 0 saturated carbocycles. The maximum Gasteiger partial charge on any atom is 0.255 e. The molecule has 0 saturated heterocycles. The van der Waals surface area contributed by atoms with E-state index in [0.29, 0.717) is 5.75 Å². The standard InChI is InChI=1S/C16H24FNO2/c1-15(2,3)10-16(4,5)18-14(19)12-9-11(17)7-8-13(12)20-6/h7-9H,10H2,1-6H3,(H,18,19). The second-order valence-corrected chi connectivity index (χ2v) is 6.92. The molecule has 0 aromatic heterocycles. The quantitative estimate of drug-likeness (QED) is 0.912. The molecule has 0 aliphatic rings. The average Bonchev–Trinajstić information content (AvgIpc) is 2.24. The topological polar surface area (TPSA) is 38.3 Å². The molecular formula is C16H24FNO2. The van der Waals surface area contributed by atoms with E-state index in [9.17, 15) is 9.18 Å². The third-order valence-corrected chi connectivity index (χ3v) is 2.83. The Balaban J connectivity index is 2.94. The molecule has 0 spiro atoms. The van der Waals surface area contributed by atoms with Crippen molar-refractivity contribution in [2.24, 2.45) is 5.41 Å². The van der Waals surface area contributed by atoms with Crippen molar-refractivity contribution >= 4 is 5.91 Å². The lowest BCUT2D eigenvalue weighted by atomic mass is 9.81. The highest BCUT2D eigenvalue weighted by atomic mass is 19.1. The predicted molar refractivity (Wildman–Crippen MR) is 78.6 cm³/mol. The second kappa shape index (κ2) is 5.81. The molecule has 1 N–H and O–H groups in total. The molecule has 0 radical (unpaired) electrons. The van der Waals surface area contributed by atoms with Crippen LogP contribution >= 0.6 is 0 Å². The first-order valence-corrected chi connectivity index (χ1v) is 6.70. The number of benzene rings is 1. The van der Waals surface area contributed by atoms with Gasteiger partial charge in [0.2, 0.25) is 0 Å². The van der Waals surface area contributed by atoms with Gasteiger partial charge in [-0.3, -0.25) is 4.79 Å². The number of nitrogens with one attached hydrogen (secondary N) is 1. The SMILES string of the molecule is COc1ccc(F)cc1C(=O)NC(C)(C)CC(C)(C)C. The molecule has 20 heavy (non-hydrogen) atoms. The summed E-state index contributed by atoms with van der Waals surface area (Å²) in [5, 5.41) is 2.95. The summed E-state index contributed by atoms with van der Waals surface area (Å²) in [6.45, 7) is 10.3. The van der Waals surface area contributed by atoms with Gasteiger partial charge in [0.05, 0.1) is 12.7 Å². The van der Waals surface area contributed by atoms with Crippen LogP contribution in [0.3, 0.4) is 0 Å². The fourth-order valence-electron chi connectivity index (χ4n) is 2.60. The highest BCUT2D eigenvalue weighted by Crippen LogP contribution is 2.28. The first-order valence-electron chi connectivity index (χ1n) is 6.70. The van der Waals surface area contributed by atoms with Crippen LogP contribution in [0.25, 0.3) is 0 Å². The van der Waals surface area contributed by atoms with E-state index >= 15 is 0 Å². The Labute approximate surface area is 120 Å². The molecule has 3 nitrogen and oxygen atoms in total. The van der Waals surface area contributed by atoms with Crippen LogP contribution in [0, 0.1) is 11.2 Å². The molecule has 0 fully saturated rings. The van der Waals surface area contributed by atoms with Gasteiger partial charge in [-0.2, -0.15) is 0 Å². The summed E-state index contributed by atoms with van der Waals surface area (Å²) in [6.07, 6.45) is 0.809. The van der Waals surface area contributed by atoms with Crippen molar-refractivity contribution in [3.63, 3.8) is 0 Å². The number of hydrogen-bond acceptors (Lipinski definition) is 2. The average molecular weight is 281 g/mol. The van der Waals surface area contributed by atoms with Crippen LogP contribution in [-0.2, 0) is 0 Å². The van der Waals surface area contributed by atoms with Crippen molar-refractivity contribution < 1.29 is 13.9 Å². The van der Waals surface area contributed by atoms with Gasteiger partial charge in [-0.15, -0.1) is 0 Å². The first-order chi connectivity index (χ1) is 9.04. The van der Waals surface area contributed by atoms with Crippen LogP contribution in [0.5, 0.6) is 5.75 Å². The highest BCUT2D eigenvalue weighted by Gasteiger charge is 2.28. The summed E-state index contributed by atoms with van der Waals surface area (Å²) in [5.74, 6) is -0.407. The normalized spacial score (nSPS) is 12.2. The monoisotopic (exact) mass is 281 g/mol. The van der Waals surface area contributed by atoms with Gasteiger partial charge in [-0.1, -0.05) is 20.8 Å². The lowest BCUT2D eigenvalue weighted by Crippen LogP contribution is -2.45. The number of hydrogen-bond donors (Lipinski definition) is 1. The van der Waals surface area contributed by atoms with E-state index < -0.39 is 5.82 Å². The Kier molecular flexibility index (Phi) is 4.79. The van der Waals surface area contributed by atoms with E-state index in [1.54, 1.807) is 0 Å². The van der Waals surface area contributed by atoms with E-state index in [2.05, 4.69) is 26.1 Å². The molecule has 0 heterocycles. The molecule has 1 aromatic rings. The number of methoxy groups -OCH3 is 1. The second-order valence-electron chi connectivity index (χ2n) is 6.92. The first kappa shape index (κ1) is 16.5. The third-order valence-electron chi connectivity index (χ3n) is 2.83. The van der Waals surface area contributed by atoms with Crippen molar-refractivity contribution in [2.45, 2.75) is 46.6 Å². The number of rotatable bonds is 4. The third kappa shape index (κ3) is 4.83. The number of carbonyl (C=O) groups excluding carboxylic acids is 1. The zero-order valence-electron chi connectivity index (χ0n) is 13.1. The van der Waals surface area contributed by atoms with E-state index in [1.807, 2.05) is 13.8 Å². The summed E-state index contributed by atoms with van der Waals surface area (Å²) >= 11 is 0. The number of halogens is 1. The molecule has 0 bridgehead atoms. The van der Waals surface area contributed by atoms with Gasteiger partial charge >= 0.3 is 0 Å². The van der Waals surface area contributed by atoms with Crippen LogP contribution in [0.2, 0.25) is 0 Å². The summed E-state index contributed by atoms with van der Waals surface area (Å²) in [6, 6.07) is 3.93. The fourth-order valence-corrected chi connectivity index (χ4v) is 2.60. The van der Waals surface area contributed by atoms with Crippen LogP contribution < -0.4 is 10.1 Å². The number of amides is 1. The van der Waals surface area contributed by atoms with Gasteiger partial charge in [0.25, 0.3) is 5.91 Å². The zero-order chi connectivity index (χ0) is 15.6.